The number of hydrogen-bond donors (Lipinski definition) is 2. The van der Waals surface area contributed by atoms with Crippen LogP contribution in [0.1, 0.15) is 12.8 Å². The molecule has 0 bridgehead atoms. The molecule has 2 aromatic rings. The standard InChI is InChI=1S/C14H15ClN2S/c15-13-10(12-2-1-7-18-12)5-6-11(14(13)16)17-8-9-3-4-9/h1-2,5-7,9,17H,3-4,8,16H2. The van der Waals surface area contributed by atoms with Crippen molar-refractivity contribution in [1.29, 1.82) is 0 Å². The van der Waals surface area contributed by atoms with Gasteiger partial charge in [-0.15, -0.1) is 11.3 Å². The maximum absolute atomic E-state index is 6.36. The summed E-state index contributed by atoms with van der Waals surface area (Å²) in [7, 11) is 0. The molecule has 3 N–H and O–H groups in total. The van der Waals surface area contributed by atoms with Gasteiger partial charge in [0.05, 0.1) is 16.4 Å². The lowest BCUT2D eigenvalue weighted by molar-refractivity contribution is 0.890. The van der Waals surface area contributed by atoms with Crippen molar-refractivity contribution in [3.8, 4) is 10.4 Å². The van der Waals surface area contributed by atoms with Crippen LogP contribution in [0, 0.1) is 5.92 Å². The highest BCUT2D eigenvalue weighted by Gasteiger charge is 2.21. The largest absolute Gasteiger partial charge is 0.396 e. The van der Waals surface area contributed by atoms with Crippen molar-refractivity contribution in [3.63, 3.8) is 0 Å². The minimum atomic E-state index is 0.651. The fourth-order valence-corrected chi connectivity index (χ4v) is 3.03. The van der Waals surface area contributed by atoms with E-state index in [9.17, 15) is 0 Å². The Hall–Kier alpha value is -1.19. The van der Waals surface area contributed by atoms with Crippen molar-refractivity contribution in [2.75, 3.05) is 17.6 Å². The van der Waals surface area contributed by atoms with Crippen molar-refractivity contribution in [2.45, 2.75) is 12.8 Å². The van der Waals surface area contributed by atoms with Gasteiger partial charge < -0.3 is 11.1 Å². The summed E-state index contributed by atoms with van der Waals surface area (Å²) in [5, 5.41) is 6.08. The van der Waals surface area contributed by atoms with E-state index in [0.29, 0.717) is 10.7 Å². The van der Waals surface area contributed by atoms with Crippen molar-refractivity contribution < 1.29 is 0 Å². The predicted molar refractivity (Wildman–Crippen MR) is 80.4 cm³/mol. The van der Waals surface area contributed by atoms with Crippen LogP contribution in [0.2, 0.25) is 5.02 Å². The Morgan fingerprint density at radius 1 is 1.33 bits per heavy atom. The Balaban J connectivity index is 1.87. The number of nitrogen functional groups attached to an aromatic ring is 1. The minimum Gasteiger partial charge on any atom is -0.396 e. The smallest absolute Gasteiger partial charge is 0.0745 e. The number of rotatable bonds is 4. The first-order chi connectivity index (χ1) is 8.75. The topological polar surface area (TPSA) is 38.0 Å². The summed E-state index contributed by atoms with van der Waals surface area (Å²) in [6, 6.07) is 8.15. The van der Waals surface area contributed by atoms with E-state index in [1.807, 2.05) is 23.6 Å². The number of thiophene rings is 1. The summed E-state index contributed by atoms with van der Waals surface area (Å²) in [6.45, 7) is 0.999. The Bertz CT molecular complexity index is 547. The lowest BCUT2D eigenvalue weighted by Gasteiger charge is -2.12. The van der Waals surface area contributed by atoms with E-state index in [-0.39, 0.29) is 0 Å². The SMILES string of the molecule is Nc1c(NCC2CC2)ccc(-c2cccs2)c1Cl. The molecule has 0 amide bonds. The molecule has 18 heavy (non-hydrogen) atoms. The molecule has 1 saturated carbocycles. The van der Waals surface area contributed by atoms with E-state index in [1.165, 1.54) is 12.8 Å². The Morgan fingerprint density at radius 3 is 2.83 bits per heavy atom. The molecular formula is C14H15ClN2S. The molecule has 3 rings (SSSR count). The highest BCUT2D eigenvalue weighted by atomic mass is 35.5. The summed E-state index contributed by atoms with van der Waals surface area (Å²) in [5.41, 5.74) is 8.73. The Kier molecular flexibility index (Phi) is 3.18. The molecule has 1 aliphatic rings. The predicted octanol–water partition coefficient (Wildman–Crippen LogP) is 4.47. The van der Waals surface area contributed by atoms with Crippen molar-refractivity contribution >= 4 is 34.3 Å². The van der Waals surface area contributed by atoms with E-state index < -0.39 is 0 Å². The molecule has 0 saturated heterocycles. The van der Waals surface area contributed by atoms with Crippen LogP contribution in [0.3, 0.4) is 0 Å². The van der Waals surface area contributed by atoms with Gasteiger partial charge in [0.1, 0.15) is 0 Å². The molecule has 0 aliphatic heterocycles. The van der Waals surface area contributed by atoms with E-state index in [0.717, 1.165) is 28.6 Å². The van der Waals surface area contributed by atoms with Gasteiger partial charge in [0, 0.05) is 17.0 Å². The van der Waals surface area contributed by atoms with Gasteiger partial charge in [-0.3, -0.25) is 0 Å². The summed E-state index contributed by atoms with van der Waals surface area (Å²) in [6.07, 6.45) is 2.65. The van der Waals surface area contributed by atoms with Crippen LogP contribution in [-0.4, -0.2) is 6.54 Å². The summed E-state index contributed by atoms with van der Waals surface area (Å²) >= 11 is 8.04. The first-order valence-electron chi connectivity index (χ1n) is 6.11. The third-order valence-corrected chi connectivity index (χ3v) is 4.55. The molecule has 1 aliphatic carbocycles. The van der Waals surface area contributed by atoms with Gasteiger partial charge in [0.15, 0.2) is 0 Å². The zero-order valence-corrected chi connectivity index (χ0v) is 11.5. The van der Waals surface area contributed by atoms with Crippen LogP contribution < -0.4 is 11.1 Å². The van der Waals surface area contributed by atoms with Gasteiger partial charge in [-0.2, -0.15) is 0 Å². The number of halogens is 1. The van der Waals surface area contributed by atoms with Crippen LogP contribution >= 0.6 is 22.9 Å². The maximum Gasteiger partial charge on any atom is 0.0745 e. The monoisotopic (exact) mass is 278 g/mol. The third kappa shape index (κ3) is 2.33. The second-order valence-corrected chi connectivity index (χ2v) is 6.02. The average molecular weight is 279 g/mol. The molecule has 94 valence electrons. The minimum absolute atomic E-state index is 0.651. The van der Waals surface area contributed by atoms with Crippen LogP contribution in [-0.2, 0) is 0 Å². The van der Waals surface area contributed by atoms with Gasteiger partial charge in [-0.05, 0) is 42.3 Å². The number of anilines is 2. The maximum atomic E-state index is 6.36. The summed E-state index contributed by atoms with van der Waals surface area (Å²) in [5.74, 6) is 0.820. The van der Waals surface area contributed by atoms with Gasteiger partial charge >= 0.3 is 0 Å². The molecule has 2 nitrogen and oxygen atoms in total. The zero-order valence-electron chi connectivity index (χ0n) is 9.95. The molecule has 0 atom stereocenters. The zero-order chi connectivity index (χ0) is 12.5. The first kappa shape index (κ1) is 11.9. The molecule has 0 unspecified atom stereocenters. The molecule has 1 aromatic carbocycles. The van der Waals surface area contributed by atoms with E-state index >= 15 is 0 Å². The highest BCUT2D eigenvalue weighted by Crippen LogP contribution is 2.39. The highest BCUT2D eigenvalue weighted by molar-refractivity contribution is 7.13. The van der Waals surface area contributed by atoms with Gasteiger partial charge in [-0.1, -0.05) is 17.7 Å². The molecule has 1 aromatic heterocycles. The third-order valence-electron chi connectivity index (χ3n) is 3.24. The van der Waals surface area contributed by atoms with E-state index in [2.05, 4.69) is 11.4 Å². The Morgan fingerprint density at radius 2 is 2.17 bits per heavy atom. The fourth-order valence-electron chi connectivity index (χ4n) is 1.95. The Labute approximate surface area is 116 Å². The molecule has 1 heterocycles. The van der Waals surface area contributed by atoms with E-state index in [4.69, 9.17) is 17.3 Å². The van der Waals surface area contributed by atoms with Gasteiger partial charge in [-0.25, -0.2) is 0 Å². The quantitative estimate of drug-likeness (QED) is 0.810. The molecule has 1 fully saturated rings. The molecule has 0 spiro atoms. The van der Waals surface area contributed by atoms with Crippen LogP contribution in [0.15, 0.2) is 29.6 Å². The average Bonchev–Trinajstić information content (AvgIpc) is 3.04. The van der Waals surface area contributed by atoms with Crippen LogP contribution in [0.25, 0.3) is 10.4 Å². The first-order valence-corrected chi connectivity index (χ1v) is 7.37. The summed E-state index contributed by atoms with van der Waals surface area (Å²) in [4.78, 5) is 1.15. The van der Waals surface area contributed by atoms with Gasteiger partial charge in [0.2, 0.25) is 0 Å². The van der Waals surface area contributed by atoms with Crippen LogP contribution in [0.5, 0.6) is 0 Å². The number of benzene rings is 1. The fraction of sp³-hybridized carbons (Fsp3) is 0.286. The van der Waals surface area contributed by atoms with Crippen molar-refractivity contribution in [2.24, 2.45) is 5.92 Å². The van der Waals surface area contributed by atoms with Gasteiger partial charge in [0.25, 0.3) is 0 Å². The van der Waals surface area contributed by atoms with E-state index in [1.54, 1.807) is 11.3 Å². The van der Waals surface area contributed by atoms with Crippen molar-refractivity contribution in [3.05, 3.63) is 34.7 Å². The molecular weight excluding hydrogens is 264 g/mol. The second kappa shape index (κ2) is 4.82. The number of hydrogen-bond acceptors (Lipinski definition) is 3. The number of nitrogens with one attached hydrogen (secondary N) is 1. The summed E-state index contributed by atoms with van der Waals surface area (Å²) < 4.78 is 0. The normalized spacial score (nSPS) is 14.7. The van der Waals surface area contributed by atoms with Crippen LogP contribution in [0.4, 0.5) is 11.4 Å². The van der Waals surface area contributed by atoms with Crippen molar-refractivity contribution in [1.82, 2.24) is 0 Å². The second-order valence-electron chi connectivity index (χ2n) is 4.69. The number of nitrogens with two attached hydrogens (primary N) is 1. The molecule has 0 radical (unpaired) electrons. The lowest BCUT2D eigenvalue weighted by atomic mass is 10.1. The molecule has 4 heteroatoms. The lowest BCUT2D eigenvalue weighted by Crippen LogP contribution is -2.06.